The smallest absolute Gasteiger partial charge is 0.234 e. The molecule has 1 atom stereocenters. The van der Waals surface area contributed by atoms with Gasteiger partial charge >= 0.3 is 0 Å². The van der Waals surface area contributed by atoms with E-state index < -0.39 is 0 Å². The standard InChI is InChI=1S/C24H23ClN4O2S/c1-3-16(2)19-7-4-5-8-20(19)26-22(30)15-32-24-28-27-23(21-9-6-14-31-21)29(24)18-12-10-17(25)11-13-18/h4-14,16H,3,15H2,1-2H3,(H,26,30)/t16-/m1/s1. The third-order valence-electron chi connectivity index (χ3n) is 5.17. The van der Waals surface area contributed by atoms with Crippen molar-refractivity contribution in [1.29, 1.82) is 0 Å². The van der Waals surface area contributed by atoms with Crippen molar-refractivity contribution in [3.8, 4) is 17.3 Å². The number of para-hydroxylation sites is 1. The fourth-order valence-electron chi connectivity index (χ4n) is 3.33. The van der Waals surface area contributed by atoms with Crippen LogP contribution in [-0.4, -0.2) is 26.4 Å². The normalized spacial score (nSPS) is 12.0. The number of halogens is 1. The van der Waals surface area contributed by atoms with E-state index in [1.54, 1.807) is 24.5 Å². The van der Waals surface area contributed by atoms with Crippen LogP contribution in [0.15, 0.2) is 76.5 Å². The number of benzene rings is 2. The fraction of sp³-hybridized carbons (Fsp3) is 0.208. The predicted molar refractivity (Wildman–Crippen MR) is 129 cm³/mol. The molecule has 0 radical (unpaired) electrons. The van der Waals surface area contributed by atoms with E-state index in [-0.39, 0.29) is 11.7 Å². The molecule has 2 aromatic carbocycles. The number of amides is 1. The lowest BCUT2D eigenvalue weighted by molar-refractivity contribution is -0.113. The first-order valence-electron chi connectivity index (χ1n) is 10.3. The Labute approximate surface area is 196 Å². The molecule has 0 saturated carbocycles. The third kappa shape index (κ3) is 4.89. The molecule has 0 aliphatic rings. The number of hydrogen-bond acceptors (Lipinski definition) is 5. The predicted octanol–water partition coefficient (Wildman–Crippen LogP) is 6.43. The molecular weight excluding hydrogens is 444 g/mol. The van der Waals surface area contributed by atoms with Crippen LogP contribution in [0.3, 0.4) is 0 Å². The van der Waals surface area contributed by atoms with E-state index in [4.69, 9.17) is 16.0 Å². The summed E-state index contributed by atoms with van der Waals surface area (Å²) in [6, 6.07) is 18.9. The van der Waals surface area contributed by atoms with Gasteiger partial charge in [0.25, 0.3) is 0 Å². The van der Waals surface area contributed by atoms with Gasteiger partial charge in [0.15, 0.2) is 10.9 Å². The number of nitrogens with one attached hydrogen (secondary N) is 1. The summed E-state index contributed by atoms with van der Waals surface area (Å²) in [5.41, 5.74) is 2.82. The summed E-state index contributed by atoms with van der Waals surface area (Å²) < 4.78 is 7.39. The van der Waals surface area contributed by atoms with Crippen molar-refractivity contribution >= 4 is 35.0 Å². The largest absolute Gasteiger partial charge is 0.461 e. The van der Waals surface area contributed by atoms with Crippen molar-refractivity contribution in [3.63, 3.8) is 0 Å². The summed E-state index contributed by atoms with van der Waals surface area (Å²) in [7, 11) is 0. The molecule has 0 spiro atoms. The van der Waals surface area contributed by atoms with Gasteiger partial charge in [0.1, 0.15) is 0 Å². The van der Waals surface area contributed by atoms with Crippen molar-refractivity contribution in [3.05, 3.63) is 77.5 Å². The number of thioether (sulfide) groups is 1. The van der Waals surface area contributed by atoms with Crippen LogP contribution in [0.25, 0.3) is 17.3 Å². The Balaban J connectivity index is 1.55. The lowest BCUT2D eigenvalue weighted by atomic mass is 9.97. The van der Waals surface area contributed by atoms with E-state index in [1.807, 2.05) is 41.0 Å². The zero-order valence-corrected chi connectivity index (χ0v) is 19.4. The van der Waals surface area contributed by atoms with Crippen LogP contribution in [0.2, 0.25) is 5.02 Å². The number of carbonyl (C=O) groups excluding carboxylic acids is 1. The second-order valence-corrected chi connectivity index (χ2v) is 8.71. The maximum absolute atomic E-state index is 12.8. The van der Waals surface area contributed by atoms with Crippen molar-refractivity contribution in [1.82, 2.24) is 14.8 Å². The van der Waals surface area contributed by atoms with E-state index in [9.17, 15) is 4.79 Å². The molecule has 1 N–H and O–H groups in total. The van der Waals surface area contributed by atoms with E-state index in [0.717, 1.165) is 23.4 Å². The van der Waals surface area contributed by atoms with Crippen molar-refractivity contribution < 1.29 is 9.21 Å². The van der Waals surface area contributed by atoms with Gasteiger partial charge in [-0.2, -0.15) is 0 Å². The van der Waals surface area contributed by atoms with Gasteiger partial charge in [-0.25, -0.2) is 0 Å². The van der Waals surface area contributed by atoms with Crippen LogP contribution in [-0.2, 0) is 4.79 Å². The van der Waals surface area contributed by atoms with Crippen LogP contribution in [0.4, 0.5) is 5.69 Å². The second kappa shape index (κ2) is 10.1. The average molecular weight is 467 g/mol. The minimum atomic E-state index is -0.101. The van der Waals surface area contributed by atoms with Crippen LogP contribution < -0.4 is 5.32 Å². The first-order valence-corrected chi connectivity index (χ1v) is 11.7. The molecule has 0 bridgehead atoms. The Bertz CT molecular complexity index is 1190. The summed E-state index contributed by atoms with van der Waals surface area (Å²) >= 11 is 7.37. The molecule has 32 heavy (non-hydrogen) atoms. The summed E-state index contributed by atoms with van der Waals surface area (Å²) in [5, 5.41) is 12.9. The SMILES string of the molecule is CC[C@@H](C)c1ccccc1NC(=O)CSc1nnc(-c2ccco2)n1-c1ccc(Cl)cc1. The summed E-state index contributed by atoms with van der Waals surface area (Å²) in [6.07, 6.45) is 2.59. The zero-order valence-electron chi connectivity index (χ0n) is 17.8. The van der Waals surface area contributed by atoms with Crippen molar-refractivity contribution in [2.75, 3.05) is 11.1 Å². The van der Waals surface area contributed by atoms with Gasteiger partial charge in [0.05, 0.1) is 12.0 Å². The number of carbonyl (C=O) groups is 1. The molecule has 6 nitrogen and oxygen atoms in total. The Morgan fingerprint density at radius 3 is 2.62 bits per heavy atom. The Hall–Kier alpha value is -3.03. The van der Waals surface area contributed by atoms with Crippen LogP contribution in [0.5, 0.6) is 0 Å². The number of anilines is 1. The highest BCUT2D eigenvalue weighted by Gasteiger charge is 2.19. The number of nitrogens with zero attached hydrogens (tertiary/aromatic N) is 3. The Morgan fingerprint density at radius 2 is 1.91 bits per heavy atom. The topological polar surface area (TPSA) is 73.0 Å². The van der Waals surface area contributed by atoms with Gasteiger partial charge < -0.3 is 9.73 Å². The molecule has 0 aliphatic carbocycles. The molecule has 2 heterocycles. The molecule has 8 heteroatoms. The van der Waals surface area contributed by atoms with Crippen molar-refractivity contribution in [2.24, 2.45) is 0 Å². The molecular formula is C24H23ClN4O2S. The number of hydrogen-bond donors (Lipinski definition) is 1. The molecule has 1 amide bonds. The first-order chi connectivity index (χ1) is 15.6. The minimum Gasteiger partial charge on any atom is -0.461 e. The van der Waals surface area contributed by atoms with Crippen LogP contribution in [0.1, 0.15) is 31.7 Å². The Morgan fingerprint density at radius 1 is 1.12 bits per heavy atom. The van der Waals surface area contributed by atoms with Gasteiger partial charge in [-0.3, -0.25) is 9.36 Å². The molecule has 0 aliphatic heterocycles. The second-order valence-electron chi connectivity index (χ2n) is 7.33. The monoisotopic (exact) mass is 466 g/mol. The average Bonchev–Trinajstić information content (AvgIpc) is 3.48. The first kappa shape index (κ1) is 22.2. The maximum Gasteiger partial charge on any atom is 0.234 e. The lowest BCUT2D eigenvalue weighted by Crippen LogP contribution is -2.16. The maximum atomic E-state index is 12.8. The lowest BCUT2D eigenvalue weighted by Gasteiger charge is -2.15. The number of furan rings is 1. The van der Waals surface area contributed by atoms with Gasteiger partial charge in [-0.1, -0.05) is 55.4 Å². The summed E-state index contributed by atoms with van der Waals surface area (Å²) in [4.78, 5) is 12.8. The number of aromatic nitrogens is 3. The van der Waals surface area contributed by atoms with Gasteiger partial charge in [0, 0.05) is 16.4 Å². The third-order valence-corrected chi connectivity index (χ3v) is 6.35. The van der Waals surface area contributed by atoms with E-state index in [0.29, 0.717) is 27.7 Å². The van der Waals surface area contributed by atoms with E-state index in [1.165, 1.54) is 11.8 Å². The summed E-state index contributed by atoms with van der Waals surface area (Å²) in [6.45, 7) is 4.30. The van der Waals surface area contributed by atoms with Crippen LogP contribution in [0, 0.1) is 0 Å². The number of rotatable bonds is 8. The minimum absolute atomic E-state index is 0.101. The van der Waals surface area contributed by atoms with Crippen LogP contribution >= 0.6 is 23.4 Å². The Kier molecular flexibility index (Phi) is 6.97. The molecule has 0 fully saturated rings. The molecule has 164 valence electrons. The van der Waals surface area contributed by atoms with Gasteiger partial charge in [0.2, 0.25) is 11.7 Å². The molecule has 4 aromatic rings. The van der Waals surface area contributed by atoms with E-state index >= 15 is 0 Å². The van der Waals surface area contributed by atoms with Crippen molar-refractivity contribution in [2.45, 2.75) is 31.3 Å². The summed E-state index contributed by atoms with van der Waals surface area (Å²) in [5.74, 6) is 1.60. The highest BCUT2D eigenvalue weighted by atomic mass is 35.5. The quantitative estimate of drug-likeness (QED) is 0.303. The fourth-order valence-corrected chi connectivity index (χ4v) is 4.21. The molecule has 0 unspecified atom stereocenters. The van der Waals surface area contributed by atoms with E-state index in [2.05, 4.69) is 35.4 Å². The molecule has 2 aromatic heterocycles. The highest BCUT2D eigenvalue weighted by molar-refractivity contribution is 7.99. The van der Waals surface area contributed by atoms with Gasteiger partial charge in [-0.05, 0) is 60.4 Å². The molecule has 0 saturated heterocycles. The van der Waals surface area contributed by atoms with Gasteiger partial charge in [-0.15, -0.1) is 10.2 Å². The highest BCUT2D eigenvalue weighted by Crippen LogP contribution is 2.30. The zero-order chi connectivity index (χ0) is 22.5. The molecule has 4 rings (SSSR count).